The maximum absolute atomic E-state index is 10.6. The van der Waals surface area contributed by atoms with E-state index in [-0.39, 0.29) is 11.8 Å². The molecule has 142 valence electrons. The van der Waals surface area contributed by atoms with Crippen LogP contribution in [0, 0.1) is 5.41 Å². The van der Waals surface area contributed by atoms with Crippen molar-refractivity contribution in [3.05, 3.63) is 76.3 Å². The zero-order valence-electron chi connectivity index (χ0n) is 15.7. The van der Waals surface area contributed by atoms with E-state index < -0.39 is 0 Å². The number of aliphatic hydroxyl groups is 1. The number of nitrogens with one attached hydrogen (secondary N) is 1. The van der Waals surface area contributed by atoms with Gasteiger partial charge in [-0.25, -0.2) is 4.98 Å². The van der Waals surface area contributed by atoms with Crippen LogP contribution in [0.4, 0.5) is 0 Å². The van der Waals surface area contributed by atoms with Gasteiger partial charge in [0.25, 0.3) is 0 Å². The molecule has 1 aromatic heterocycles. The molecule has 3 aromatic rings. The van der Waals surface area contributed by atoms with Gasteiger partial charge in [0.2, 0.25) is 0 Å². The number of thiazole rings is 1. The van der Waals surface area contributed by atoms with Crippen molar-refractivity contribution < 1.29 is 9.84 Å². The van der Waals surface area contributed by atoms with E-state index in [2.05, 4.69) is 4.98 Å². The fourth-order valence-electron chi connectivity index (χ4n) is 3.35. The van der Waals surface area contributed by atoms with E-state index in [9.17, 15) is 5.11 Å². The molecular weight excluding hydrogens is 370 g/mol. The van der Waals surface area contributed by atoms with Gasteiger partial charge in [-0.1, -0.05) is 30.3 Å². The molecule has 4 rings (SSSR count). The van der Waals surface area contributed by atoms with Crippen molar-refractivity contribution in [3.8, 4) is 17.0 Å². The molecule has 0 unspecified atom stereocenters. The highest BCUT2D eigenvalue weighted by molar-refractivity contribution is 7.11. The van der Waals surface area contributed by atoms with Crippen LogP contribution in [0.2, 0.25) is 0 Å². The summed E-state index contributed by atoms with van der Waals surface area (Å²) < 4.78 is 5.20. The molecule has 0 spiro atoms. The maximum Gasteiger partial charge on any atom is 0.135 e. The average Bonchev–Trinajstić information content (AvgIpc) is 3.32. The van der Waals surface area contributed by atoms with Crippen LogP contribution in [0.25, 0.3) is 16.8 Å². The Morgan fingerprint density at radius 1 is 1.14 bits per heavy atom. The van der Waals surface area contributed by atoms with E-state index in [0.29, 0.717) is 23.0 Å². The lowest BCUT2D eigenvalue weighted by Gasteiger charge is -2.26. The fraction of sp³-hybridized carbons (Fsp3) is 0.182. The smallest absolute Gasteiger partial charge is 0.135 e. The molecule has 1 atom stereocenters. The molecule has 0 radical (unpaired) electrons. The second-order valence-electron chi connectivity index (χ2n) is 6.65. The summed E-state index contributed by atoms with van der Waals surface area (Å²) in [7, 11) is 1.64. The summed E-state index contributed by atoms with van der Waals surface area (Å²) in [5, 5.41) is 21.8. The number of aromatic nitrogens is 1. The quantitative estimate of drug-likeness (QED) is 0.632. The van der Waals surface area contributed by atoms with E-state index in [1.807, 2.05) is 71.8 Å². The Morgan fingerprint density at radius 3 is 2.54 bits per heavy atom. The van der Waals surface area contributed by atoms with Crippen LogP contribution in [0.5, 0.6) is 5.75 Å². The van der Waals surface area contributed by atoms with Crippen LogP contribution in [0.15, 0.2) is 65.7 Å². The molecular formula is C22H21N3O2S. The third-order valence-corrected chi connectivity index (χ3v) is 5.85. The molecule has 0 bridgehead atoms. The molecule has 0 fully saturated rings. The number of nitrogens with zero attached hydrogens (tertiary/aromatic N) is 2. The molecule has 2 heterocycles. The first-order chi connectivity index (χ1) is 13.6. The zero-order valence-corrected chi connectivity index (χ0v) is 16.5. The van der Waals surface area contributed by atoms with Gasteiger partial charge in [-0.3, -0.25) is 5.41 Å². The molecule has 1 aliphatic rings. The van der Waals surface area contributed by atoms with Crippen molar-refractivity contribution in [1.29, 1.82) is 5.41 Å². The van der Waals surface area contributed by atoms with Crippen molar-refractivity contribution in [2.75, 3.05) is 13.7 Å². The van der Waals surface area contributed by atoms with Crippen molar-refractivity contribution in [1.82, 2.24) is 9.88 Å². The number of aliphatic hydroxyl groups excluding tert-OH is 1. The van der Waals surface area contributed by atoms with Crippen LogP contribution in [0.1, 0.15) is 23.5 Å². The first kappa shape index (κ1) is 18.3. The Balaban J connectivity index is 1.58. The number of rotatable bonds is 5. The number of methoxy groups -OCH3 is 1. The summed E-state index contributed by atoms with van der Waals surface area (Å²) in [4.78, 5) is 6.57. The van der Waals surface area contributed by atoms with Gasteiger partial charge in [0.05, 0.1) is 31.0 Å². The third-order valence-electron chi connectivity index (χ3n) is 4.99. The highest BCUT2D eigenvalue weighted by atomic mass is 32.1. The second-order valence-corrected chi connectivity index (χ2v) is 7.51. The Bertz CT molecular complexity index is 1030. The summed E-state index contributed by atoms with van der Waals surface area (Å²) in [5.74, 6) is 1.30. The first-order valence-corrected chi connectivity index (χ1v) is 9.89. The summed E-state index contributed by atoms with van der Waals surface area (Å²) >= 11 is 1.44. The first-order valence-electron chi connectivity index (χ1n) is 9.01. The number of hydrogen-bond donors (Lipinski definition) is 2. The third kappa shape index (κ3) is 3.27. The van der Waals surface area contributed by atoms with Crippen LogP contribution in [0.3, 0.4) is 0 Å². The van der Waals surface area contributed by atoms with Gasteiger partial charge in [0.15, 0.2) is 0 Å². The molecule has 1 aliphatic heterocycles. The summed E-state index contributed by atoms with van der Waals surface area (Å²) in [6.45, 7) is 2.37. The fourth-order valence-corrected chi connectivity index (χ4v) is 4.24. The van der Waals surface area contributed by atoms with E-state index in [4.69, 9.17) is 10.1 Å². The minimum atomic E-state index is -0.00521. The topological polar surface area (TPSA) is 69.4 Å². The van der Waals surface area contributed by atoms with Crippen molar-refractivity contribution in [2.45, 2.75) is 13.0 Å². The van der Waals surface area contributed by atoms with E-state index in [1.54, 1.807) is 7.11 Å². The lowest BCUT2D eigenvalue weighted by atomic mass is 10.1. The number of benzene rings is 2. The Labute approximate surface area is 168 Å². The summed E-state index contributed by atoms with van der Waals surface area (Å²) in [6, 6.07) is 17.7. The Hall–Kier alpha value is -3.12. The molecule has 0 amide bonds. The van der Waals surface area contributed by atoms with Gasteiger partial charge >= 0.3 is 0 Å². The molecule has 6 heteroatoms. The number of ether oxygens (including phenoxy) is 1. The van der Waals surface area contributed by atoms with Crippen molar-refractivity contribution in [3.63, 3.8) is 0 Å². The predicted octanol–water partition coefficient (Wildman–Crippen LogP) is 5.14. The van der Waals surface area contributed by atoms with Crippen LogP contribution >= 0.6 is 11.3 Å². The molecule has 2 aromatic carbocycles. The van der Waals surface area contributed by atoms with Crippen LogP contribution in [-0.4, -0.2) is 34.5 Å². The maximum atomic E-state index is 10.6. The molecule has 0 aliphatic carbocycles. The lowest BCUT2D eigenvalue weighted by Crippen LogP contribution is -2.29. The highest BCUT2D eigenvalue weighted by Gasteiger charge is 2.33. The minimum absolute atomic E-state index is 0.00521. The summed E-state index contributed by atoms with van der Waals surface area (Å²) in [5.41, 5.74) is 3.43. The number of amidine groups is 1. The normalized spacial score (nSPS) is 15.2. The standard InChI is InChI=1S/C22H21N3O2S/c1-14(15-6-4-3-5-7-15)25-12-19(26)20(21(25)23)22-24-18(13-28-22)16-8-10-17(27-2)11-9-16/h3-11,13-14,23,26H,12H2,1-2H3/t14-/m1/s1. The molecule has 5 nitrogen and oxygen atoms in total. The SMILES string of the molecule is COc1ccc(-c2csc(C3=C(O)CN([C@H](C)c4ccccc4)C3=N)n2)cc1. The minimum Gasteiger partial charge on any atom is -0.510 e. The van der Waals surface area contributed by atoms with E-state index in [0.717, 1.165) is 22.6 Å². The molecule has 2 N–H and O–H groups in total. The van der Waals surface area contributed by atoms with Gasteiger partial charge in [-0.15, -0.1) is 11.3 Å². The van der Waals surface area contributed by atoms with E-state index in [1.165, 1.54) is 11.3 Å². The monoisotopic (exact) mass is 391 g/mol. The Kier molecular flexibility index (Phi) is 4.88. The molecule has 0 saturated carbocycles. The highest BCUT2D eigenvalue weighted by Crippen LogP contribution is 2.36. The lowest BCUT2D eigenvalue weighted by molar-refractivity contribution is 0.310. The average molecular weight is 391 g/mol. The van der Waals surface area contributed by atoms with Gasteiger partial charge in [0, 0.05) is 10.9 Å². The van der Waals surface area contributed by atoms with Gasteiger partial charge in [-0.05, 0) is 36.8 Å². The van der Waals surface area contributed by atoms with Crippen LogP contribution in [-0.2, 0) is 0 Å². The molecule has 28 heavy (non-hydrogen) atoms. The van der Waals surface area contributed by atoms with Gasteiger partial charge < -0.3 is 14.7 Å². The second kappa shape index (κ2) is 7.48. The van der Waals surface area contributed by atoms with Crippen LogP contribution < -0.4 is 4.74 Å². The van der Waals surface area contributed by atoms with E-state index >= 15 is 0 Å². The predicted molar refractivity (Wildman–Crippen MR) is 113 cm³/mol. The zero-order chi connectivity index (χ0) is 19.7. The summed E-state index contributed by atoms with van der Waals surface area (Å²) in [6.07, 6.45) is 0. The molecule has 0 saturated heterocycles. The van der Waals surface area contributed by atoms with Crippen molar-refractivity contribution >= 4 is 22.7 Å². The number of hydrogen-bond acceptors (Lipinski definition) is 5. The largest absolute Gasteiger partial charge is 0.510 e. The Morgan fingerprint density at radius 2 is 1.86 bits per heavy atom. The van der Waals surface area contributed by atoms with Crippen molar-refractivity contribution in [2.24, 2.45) is 0 Å². The van der Waals surface area contributed by atoms with Gasteiger partial charge in [0.1, 0.15) is 22.4 Å². The van der Waals surface area contributed by atoms with Gasteiger partial charge in [-0.2, -0.15) is 0 Å².